The Labute approximate surface area is 181 Å². The van der Waals surface area contributed by atoms with Crippen LogP contribution in [0.4, 0.5) is 10.1 Å². The van der Waals surface area contributed by atoms with E-state index in [4.69, 9.17) is 0 Å². The Hall–Kier alpha value is -1.71. The Kier molecular flexibility index (Phi) is 5.81. The zero-order valence-electron chi connectivity index (χ0n) is 15.3. The first-order valence-electron chi connectivity index (χ1n) is 9.09. The second-order valence-electron chi connectivity index (χ2n) is 7.04. The molecule has 0 aliphatic carbocycles. The van der Waals surface area contributed by atoms with Gasteiger partial charge in [0.15, 0.2) is 15.0 Å². The summed E-state index contributed by atoms with van der Waals surface area (Å²) in [5.74, 6) is -0.859. The Morgan fingerprint density at radius 1 is 1.21 bits per heavy atom. The third-order valence-corrected chi connectivity index (χ3v) is 8.63. The maximum absolute atomic E-state index is 14.7. The molecule has 0 spiro atoms. The molecule has 5 nitrogen and oxygen atoms in total. The number of fused-ring (bicyclic) bond motifs is 1. The van der Waals surface area contributed by atoms with E-state index in [9.17, 15) is 17.6 Å². The normalized spacial score (nSPS) is 24.1. The molecule has 2 aliphatic heterocycles. The fourth-order valence-corrected chi connectivity index (χ4v) is 7.84. The van der Waals surface area contributed by atoms with Gasteiger partial charge < -0.3 is 4.90 Å². The summed E-state index contributed by atoms with van der Waals surface area (Å²) >= 11 is 4.48. The Morgan fingerprint density at radius 2 is 1.97 bits per heavy atom. The molecule has 0 N–H and O–H groups in total. The van der Waals surface area contributed by atoms with Crippen LogP contribution in [0.25, 0.3) is 0 Å². The van der Waals surface area contributed by atoms with E-state index in [0.717, 1.165) is 5.56 Å². The van der Waals surface area contributed by atoms with Crippen LogP contribution in [-0.4, -0.2) is 42.3 Å². The Morgan fingerprint density at radius 3 is 2.69 bits per heavy atom. The number of amidine groups is 1. The van der Waals surface area contributed by atoms with Crippen molar-refractivity contribution < 1.29 is 17.6 Å². The van der Waals surface area contributed by atoms with E-state index in [0.29, 0.717) is 16.1 Å². The molecule has 0 aromatic heterocycles. The van der Waals surface area contributed by atoms with Crippen LogP contribution in [0.2, 0.25) is 0 Å². The molecule has 2 saturated heterocycles. The number of aryl methyl sites for hydroxylation is 1. The maximum atomic E-state index is 14.7. The average Bonchev–Trinajstić information content (AvgIpc) is 3.12. The van der Waals surface area contributed by atoms with Crippen LogP contribution in [0.1, 0.15) is 12.0 Å². The topological polar surface area (TPSA) is 66.8 Å². The number of rotatable bonds is 4. The first-order valence-corrected chi connectivity index (χ1v) is 12.6. The summed E-state index contributed by atoms with van der Waals surface area (Å²) in [6.07, 6.45) is 0.799. The van der Waals surface area contributed by atoms with Crippen LogP contribution in [-0.2, 0) is 21.1 Å². The van der Waals surface area contributed by atoms with Crippen LogP contribution in [0.3, 0.4) is 0 Å². The SMILES string of the molecule is O=C(CCc1ccccc1)N=C1S[C@H]2CS(=O)(=O)C[C@@H]2N1c1ccc(Br)cc1F. The molecule has 0 bridgehead atoms. The largest absolute Gasteiger partial charge is 0.313 e. The number of halogens is 2. The van der Waals surface area contributed by atoms with Crippen LogP contribution >= 0.6 is 27.7 Å². The number of sulfone groups is 1. The lowest BCUT2D eigenvalue weighted by molar-refractivity contribution is -0.117. The third-order valence-electron chi connectivity index (χ3n) is 4.93. The zero-order valence-corrected chi connectivity index (χ0v) is 18.5. The highest BCUT2D eigenvalue weighted by molar-refractivity contribution is 9.10. The lowest BCUT2D eigenvalue weighted by Gasteiger charge is -2.25. The first-order chi connectivity index (χ1) is 13.8. The second-order valence-corrected chi connectivity index (χ2v) is 11.3. The van der Waals surface area contributed by atoms with Gasteiger partial charge in [-0.05, 0) is 30.2 Å². The highest BCUT2D eigenvalue weighted by Gasteiger charge is 2.49. The molecule has 2 fully saturated rings. The van der Waals surface area contributed by atoms with Crippen molar-refractivity contribution >= 4 is 54.3 Å². The predicted octanol–water partition coefficient (Wildman–Crippen LogP) is 3.82. The van der Waals surface area contributed by atoms with E-state index in [-0.39, 0.29) is 34.8 Å². The van der Waals surface area contributed by atoms with Gasteiger partial charge in [0.2, 0.25) is 5.91 Å². The minimum Gasteiger partial charge on any atom is -0.313 e. The van der Waals surface area contributed by atoms with Crippen LogP contribution in [0, 0.1) is 5.82 Å². The molecule has 2 aromatic rings. The fourth-order valence-electron chi connectivity index (χ4n) is 3.58. The van der Waals surface area contributed by atoms with Crippen molar-refractivity contribution in [2.75, 3.05) is 16.4 Å². The van der Waals surface area contributed by atoms with Gasteiger partial charge in [0.05, 0.1) is 23.2 Å². The van der Waals surface area contributed by atoms with Gasteiger partial charge in [-0.25, -0.2) is 12.8 Å². The number of anilines is 1. The molecule has 2 aromatic carbocycles. The summed E-state index contributed by atoms with van der Waals surface area (Å²) in [6, 6.07) is 13.8. The van der Waals surface area contributed by atoms with Gasteiger partial charge in [-0.15, -0.1) is 0 Å². The Bertz CT molecular complexity index is 1080. The molecule has 2 aliphatic rings. The molecule has 2 atom stereocenters. The summed E-state index contributed by atoms with van der Waals surface area (Å²) in [4.78, 5) is 18.3. The standard InChI is InChI=1S/C20H18BrFN2O3S2/c21-14-7-8-16(15(22)10-14)24-17-11-29(26,27)12-18(17)28-20(24)23-19(25)9-6-13-4-2-1-3-5-13/h1-5,7-8,10,17-18H,6,9,11-12H2/t17-,18-/m0/s1. The van der Waals surface area contributed by atoms with Crippen molar-refractivity contribution in [2.24, 2.45) is 4.99 Å². The van der Waals surface area contributed by atoms with Gasteiger partial charge in [0.1, 0.15) is 5.82 Å². The quantitative estimate of drug-likeness (QED) is 0.643. The van der Waals surface area contributed by atoms with Gasteiger partial charge >= 0.3 is 0 Å². The number of nitrogens with zero attached hydrogens (tertiary/aromatic N) is 2. The van der Waals surface area contributed by atoms with E-state index >= 15 is 0 Å². The molecule has 0 saturated carbocycles. The summed E-state index contributed by atoms with van der Waals surface area (Å²) in [5.41, 5.74) is 1.28. The van der Waals surface area contributed by atoms with Crippen molar-refractivity contribution in [3.8, 4) is 0 Å². The molecule has 29 heavy (non-hydrogen) atoms. The summed E-state index contributed by atoms with van der Waals surface area (Å²) in [6.45, 7) is 0. The lowest BCUT2D eigenvalue weighted by atomic mass is 10.1. The number of carbonyl (C=O) groups is 1. The van der Waals surface area contributed by atoms with Crippen LogP contribution in [0.15, 0.2) is 58.0 Å². The van der Waals surface area contributed by atoms with Crippen molar-refractivity contribution in [2.45, 2.75) is 24.1 Å². The van der Waals surface area contributed by atoms with Crippen molar-refractivity contribution in [3.63, 3.8) is 0 Å². The highest BCUT2D eigenvalue weighted by atomic mass is 79.9. The van der Waals surface area contributed by atoms with Gasteiger partial charge in [-0.2, -0.15) is 4.99 Å². The maximum Gasteiger partial charge on any atom is 0.248 e. The Balaban J connectivity index is 1.60. The van der Waals surface area contributed by atoms with Crippen LogP contribution in [0.5, 0.6) is 0 Å². The summed E-state index contributed by atoms with van der Waals surface area (Å²) in [7, 11) is -3.20. The number of hydrogen-bond acceptors (Lipinski definition) is 4. The van der Waals surface area contributed by atoms with Crippen molar-refractivity contribution in [1.82, 2.24) is 0 Å². The van der Waals surface area contributed by atoms with E-state index in [1.54, 1.807) is 17.0 Å². The van der Waals surface area contributed by atoms with Crippen molar-refractivity contribution in [1.29, 1.82) is 0 Å². The fraction of sp³-hybridized carbons (Fsp3) is 0.300. The molecule has 0 radical (unpaired) electrons. The van der Waals surface area contributed by atoms with Gasteiger partial charge in [0.25, 0.3) is 0 Å². The van der Waals surface area contributed by atoms with E-state index < -0.39 is 21.7 Å². The van der Waals surface area contributed by atoms with Crippen LogP contribution < -0.4 is 4.90 Å². The summed E-state index contributed by atoms with van der Waals surface area (Å²) in [5, 5.41) is 0.109. The number of hydrogen-bond donors (Lipinski definition) is 0. The van der Waals surface area contributed by atoms with E-state index in [2.05, 4.69) is 20.9 Å². The number of thioether (sulfide) groups is 1. The van der Waals surface area contributed by atoms with E-state index in [1.165, 1.54) is 17.8 Å². The predicted molar refractivity (Wildman–Crippen MR) is 118 cm³/mol. The number of amides is 1. The molecule has 152 valence electrons. The molecular formula is C20H18BrFN2O3S2. The second kappa shape index (κ2) is 8.20. The molecule has 4 rings (SSSR count). The van der Waals surface area contributed by atoms with Gasteiger partial charge in [-0.1, -0.05) is 58.0 Å². The number of benzene rings is 2. The number of carbonyl (C=O) groups excluding carboxylic acids is 1. The smallest absolute Gasteiger partial charge is 0.248 e. The molecule has 0 unspecified atom stereocenters. The highest BCUT2D eigenvalue weighted by Crippen LogP contribution is 2.42. The zero-order chi connectivity index (χ0) is 20.6. The third kappa shape index (κ3) is 4.57. The molecule has 9 heteroatoms. The average molecular weight is 497 g/mol. The summed E-state index contributed by atoms with van der Waals surface area (Å²) < 4.78 is 39.4. The monoisotopic (exact) mass is 496 g/mol. The molecular weight excluding hydrogens is 479 g/mol. The van der Waals surface area contributed by atoms with Gasteiger partial charge in [-0.3, -0.25) is 4.79 Å². The van der Waals surface area contributed by atoms with Crippen molar-refractivity contribution in [3.05, 3.63) is 64.4 Å². The first kappa shape index (κ1) is 20.6. The number of aliphatic imine (C=N–C) groups is 1. The minimum atomic E-state index is -3.20. The minimum absolute atomic E-state index is 0.00814. The van der Waals surface area contributed by atoms with E-state index in [1.807, 2.05) is 30.3 Å². The molecule has 1 amide bonds. The lowest BCUT2D eigenvalue weighted by Crippen LogP contribution is -2.38. The molecule has 2 heterocycles. The van der Waals surface area contributed by atoms with Gasteiger partial charge in [0, 0.05) is 16.1 Å².